The normalized spacial score (nSPS) is 14.3. The summed E-state index contributed by atoms with van der Waals surface area (Å²) >= 11 is 17.2. The Labute approximate surface area is 87.4 Å². The number of alkyl halides is 3. The minimum absolute atomic E-state index is 0.0799. The molecule has 66 valence electrons. The topological polar surface area (TPSA) is 0 Å². The van der Waals surface area contributed by atoms with Crippen LogP contribution in [0.2, 0.25) is 0 Å². The molecule has 0 N–H and O–H groups in total. The van der Waals surface area contributed by atoms with Crippen LogP contribution in [0, 0.1) is 0 Å². The van der Waals surface area contributed by atoms with Crippen LogP contribution in [-0.2, 0) is 0 Å². The Hall–Kier alpha value is 0.0900. The van der Waals surface area contributed by atoms with Crippen molar-refractivity contribution in [2.24, 2.45) is 0 Å². The van der Waals surface area contributed by atoms with Gasteiger partial charge in [0.25, 0.3) is 0 Å². The van der Waals surface area contributed by atoms with Crippen LogP contribution in [0.4, 0.5) is 0 Å². The molecule has 0 aliphatic rings. The molecule has 1 aromatic rings. The lowest BCUT2D eigenvalue weighted by molar-refractivity contribution is 0.789. The van der Waals surface area contributed by atoms with Gasteiger partial charge < -0.3 is 0 Å². The Kier molecular flexibility index (Phi) is 3.28. The fraction of sp³-hybridized carbons (Fsp3) is 0.333. The summed E-state index contributed by atoms with van der Waals surface area (Å²) < 4.78 is -1.22. The largest absolute Gasteiger partial charge is 0.197 e. The number of hydrogen-bond acceptors (Lipinski definition) is 0. The maximum absolute atomic E-state index is 5.75. The molecule has 0 bridgehead atoms. The van der Waals surface area contributed by atoms with Crippen LogP contribution in [0.25, 0.3) is 0 Å². The minimum Gasteiger partial charge on any atom is -0.0830 e. The SMILES string of the molecule is CC(c1ccccc1)C(Cl)(Cl)Cl. The molecule has 3 heteroatoms. The van der Waals surface area contributed by atoms with E-state index in [4.69, 9.17) is 34.8 Å². The Morgan fingerprint density at radius 1 is 1.08 bits per heavy atom. The van der Waals surface area contributed by atoms with Gasteiger partial charge in [-0.05, 0) is 5.56 Å². The summed E-state index contributed by atoms with van der Waals surface area (Å²) in [6, 6.07) is 9.71. The van der Waals surface area contributed by atoms with Gasteiger partial charge in [0.1, 0.15) is 0 Å². The van der Waals surface area contributed by atoms with Crippen molar-refractivity contribution in [1.29, 1.82) is 0 Å². The lowest BCUT2D eigenvalue weighted by Crippen LogP contribution is -2.13. The Balaban J connectivity index is 2.86. The van der Waals surface area contributed by atoms with Crippen molar-refractivity contribution in [3.8, 4) is 0 Å². The van der Waals surface area contributed by atoms with E-state index < -0.39 is 3.79 Å². The zero-order valence-electron chi connectivity index (χ0n) is 6.60. The average Bonchev–Trinajstić information content (AvgIpc) is 2.03. The van der Waals surface area contributed by atoms with Crippen LogP contribution in [0.15, 0.2) is 30.3 Å². The maximum Gasteiger partial charge on any atom is 0.197 e. The summed E-state index contributed by atoms with van der Waals surface area (Å²) in [5.74, 6) is -0.0799. The zero-order chi connectivity index (χ0) is 9.19. The van der Waals surface area contributed by atoms with E-state index in [9.17, 15) is 0 Å². The molecular weight excluding hydrogens is 214 g/mol. The first-order valence-electron chi connectivity index (χ1n) is 3.63. The summed E-state index contributed by atoms with van der Waals surface area (Å²) in [6.07, 6.45) is 0. The first-order valence-corrected chi connectivity index (χ1v) is 4.77. The van der Waals surface area contributed by atoms with Gasteiger partial charge in [0.05, 0.1) is 0 Å². The number of rotatable bonds is 1. The van der Waals surface area contributed by atoms with Gasteiger partial charge in [0, 0.05) is 5.92 Å². The van der Waals surface area contributed by atoms with Crippen molar-refractivity contribution in [2.75, 3.05) is 0 Å². The van der Waals surface area contributed by atoms with E-state index in [1.165, 1.54) is 0 Å². The third kappa shape index (κ3) is 2.55. The second-order valence-corrected chi connectivity index (χ2v) is 5.04. The van der Waals surface area contributed by atoms with Crippen molar-refractivity contribution in [2.45, 2.75) is 16.6 Å². The van der Waals surface area contributed by atoms with Crippen molar-refractivity contribution in [1.82, 2.24) is 0 Å². The van der Waals surface area contributed by atoms with Crippen LogP contribution in [0.5, 0.6) is 0 Å². The van der Waals surface area contributed by atoms with Crippen LogP contribution in [0.3, 0.4) is 0 Å². The number of halogens is 3. The molecule has 1 atom stereocenters. The Morgan fingerprint density at radius 3 is 2.00 bits per heavy atom. The summed E-state index contributed by atoms with van der Waals surface area (Å²) in [4.78, 5) is 0. The molecule has 0 radical (unpaired) electrons. The van der Waals surface area contributed by atoms with Crippen molar-refractivity contribution < 1.29 is 0 Å². The zero-order valence-corrected chi connectivity index (χ0v) is 8.87. The van der Waals surface area contributed by atoms with Crippen molar-refractivity contribution in [3.63, 3.8) is 0 Å². The molecule has 0 amide bonds. The molecule has 0 aliphatic heterocycles. The van der Waals surface area contributed by atoms with Gasteiger partial charge in [-0.2, -0.15) is 0 Å². The van der Waals surface area contributed by atoms with E-state index >= 15 is 0 Å². The third-order valence-electron chi connectivity index (χ3n) is 1.79. The molecule has 0 aliphatic carbocycles. The molecular formula is C9H9Cl3. The molecule has 0 saturated carbocycles. The predicted octanol–water partition coefficient (Wildman–Crippen LogP) is 4.16. The second kappa shape index (κ2) is 3.87. The lowest BCUT2D eigenvalue weighted by Gasteiger charge is -2.19. The van der Waals surface area contributed by atoms with Gasteiger partial charge in [0.15, 0.2) is 3.79 Å². The minimum atomic E-state index is -1.22. The summed E-state index contributed by atoms with van der Waals surface area (Å²) in [7, 11) is 0. The van der Waals surface area contributed by atoms with Gasteiger partial charge in [0.2, 0.25) is 0 Å². The Bertz CT molecular complexity index is 238. The Morgan fingerprint density at radius 2 is 1.58 bits per heavy atom. The van der Waals surface area contributed by atoms with E-state index in [1.54, 1.807) is 0 Å². The van der Waals surface area contributed by atoms with E-state index in [0.717, 1.165) is 5.56 Å². The highest BCUT2D eigenvalue weighted by molar-refractivity contribution is 6.68. The standard InChI is InChI=1S/C9H9Cl3/c1-7(9(10,11)12)8-5-3-2-4-6-8/h2-7H,1H3. The average molecular weight is 224 g/mol. The van der Waals surface area contributed by atoms with Gasteiger partial charge >= 0.3 is 0 Å². The van der Waals surface area contributed by atoms with Gasteiger partial charge in [-0.15, -0.1) is 0 Å². The summed E-state index contributed by atoms with van der Waals surface area (Å²) in [6.45, 7) is 1.89. The van der Waals surface area contributed by atoms with Gasteiger partial charge in [-0.1, -0.05) is 72.1 Å². The molecule has 0 heterocycles. The number of benzene rings is 1. The molecule has 0 spiro atoms. The maximum atomic E-state index is 5.75. The molecule has 1 rings (SSSR count). The van der Waals surface area contributed by atoms with Crippen molar-refractivity contribution in [3.05, 3.63) is 35.9 Å². The van der Waals surface area contributed by atoms with Crippen LogP contribution in [0.1, 0.15) is 18.4 Å². The third-order valence-corrected chi connectivity index (χ3v) is 2.77. The molecule has 0 saturated heterocycles. The van der Waals surface area contributed by atoms with Crippen LogP contribution in [-0.4, -0.2) is 3.79 Å². The highest BCUT2D eigenvalue weighted by Gasteiger charge is 2.29. The summed E-state index contributed by atoms with van der Waals surface area (Å²) in [5, 5.41) is 0. The quantitative estimate of drug-likeness (QED) is 0.627. The molecule has 12 heavy (non-hydrogen) atoms. The first kappa shape index (κ1) is 10.2. The van der Waals surface area contributed by atoms with E-state index in [2.05, 4.69) is 0 Å². The van der Waals surface area contributed by atoms with E-state index in [-0.39, 0.29) is 5.92 Å². The highest BCUT2D eigenvalue weighted by Crippen LogP contribution is 2.40. The van der Waals surface area contributed by atoms with Crippen molar-refractivity contribution >= 4 is 34.8 Å². The monoisotopic (exact) mass is 222 g/mol. The first-order chi connectivity index (χ1) is 5.52. The van der Waals surface area contributed by atoms with E-state index in [0.29, 0.717) is 0 Å². The van der Waals surface area contributed by atoms with Gasteiger partial charge in [-0.25, -0.2) is 0 Å². The van der Waals surface area contributed by atoms with Gasteiger partial charge in [-0.3, -0.25) is 0 Å². The molecule has 1 unspecified atom stereocenters. The van der Waals surface area contributed by atoms with Crippen LogP contribution >= 0.6 is 34.8 Å². The molecule has 0 nitrogen and oxygen atoms in total. The van der Waals surface area contributed by atoms with E-state index in [1.807, 2.05) is 37.3 Å². The highest BCUT2D eigenvalue weighted by atomic mass is 35.6. The fourth-order valence-corrected chi connectivity index (χ4v) is 1.31. The molecule has 0 aromatic heterocycles. The lowest BCUT2D eigenvalue weighted by atomic mass is 10.0. The molecule has 1 aromatic carbocycles. The molecule has 0 fully saturated rings. The second-order valence-electron chi connectivity index (χ2n) is 2.67. The number of hydrogen-bond donors (Lipinski definition) is 0. The summed E-state index contributed by atoms with van der Waals surface area (Å²) in [5.41, 5.74) is 1.04. The smallest absolute Gasteiger partial charge is 0.0830 e. The van der Waals surface area contributed by atoms with Crippen LogP contribution < -0.4 is 0 Å². The predicted molar refractivity (Wildman–Crippen MR) is 55.1 cm³/mol. The fourth-order valence-electron chi connectivity index (χ4n) is 0.931.